The summed E-state index contributed by atoms with van der Waals surface area (Å²) in [5.74, 6) is 0.901. The molecule has 0 aromatic heterocycles. The zero-order valence-corrected chi connectivity index (χ0v) is 10.7. The Morgan fingerprint density at radius 2 is 2.06 bits per heavy atom. The van der Waals surface area contributed by atoms with E-state index in [0.717, 1.165) is 18.8 Å². The molecule has 0 aliphatic heterocycles. The molecule has 1 aromatic carbocycles. The van der Waals surface area contributed by atoms with Crippen LogP contribution in [0.1, 0.15) is 19.4 Å². The van der Waals surface area contributed by atoms with Crippen LogP contribution in [0.5, 0.6) is 5.75 Å². The van der Waals surface area contributed by atoms with Gasteiger partial charge in [0.2, 0.25) is 0 Å². The van der Waals surface area contributed by atoms with E-state index in [-0.39, 0.29) is 5.54 Å². The Bertz CT molecular complexity index is 331. The maximum absolute atomic E-state index is 5.98. The van der Waals surface area contributed by atoms with Crippen LogP contribution in [-0.4, -0.2) is 31.1 Å². The summed E-state index contributed by atoms with van der Waals surface area (Å²) in [6, 6.07) is 8.12. The van der Waals surface area contributed by atoms with Gasteiger partial charge in [0.1, 0.15) is 5.75 Å². The second-order valence-corrected chi connectivity index (χ2v) is 5.01. The fourth-order valence-corrected chi connectivity index (χ4v) is 1.83. The third-order valence-corrected chi connectivity index (χ3v) is 2.26. The van der Waals surface area contributed by atoms with E-state index >= 15 is 0 Å². The molecule has 3 nitrogen and oxygen atoms in total. The molecular weight excluding hydrogens is 200 g/mol. The Kier molecular flexibility index (Phi) is 4.33. The van der Waals surface area contributed by atoms with Crippen LogP contribution in [0.4, 0.5) is 0 Å². The minimum atomic E-state index is -0.159. The topological polar surface area (TPSA) is 38.5 Å². The highest BCUT2D eigenvalue weighted by Gasteiger charge is 2.13. The Balaban J connectivity index is 2.59. The predicted molar refractivity (Wildman–Crippen MR) is 67.6 cm³/mol. The summed E-state index contributed by atoms with van der Waals surface area (Å²) in [7, 11) is 3.76. The van der Waals surface area contributed by atoms with Crippen molar-refractivity contribution < 1.29 is 4.74 Å². The number of hydrogen-bond donors (Lipinski definition) is 1. The number of nitrogens with zero attached hydrogens (tertiary/aromatic N) is 1. The van der Waals surface area contributed by atoms with Crippen molar-refractivity contribution in [2.75, 3.05) is 20.7 Å². The highest BCUT2D eigenvalue weighted by molar-refractivity contribution is 5.28. The van der Waals surface area contributed by atoms with E-state index in [9.17, 15) is 0 Å². The van der Waals surface area contributed by atoms with Gasteiger partial charge in [0.25, 0.3) is 0 Å². The van der Waals surface area contributed by atoms with Crippen LogP contribution in [0, 0.1) is 0 Å². The Hall–Kier alpha value is -1.06. The van der Waals surface area contributed by atoms with Crippen LogP contribution in [0.25, 0.3) is 0 Å². The summed E-state index contributed by atoms with van der Waals surface area (Å²) in [6.07, 6.45) is 0. The average Bonchev–Trinajstić information content (AvgIpc) is 2.15. The molecule has 1 aromatic rings. The van der Waals surface area contributed by atoms with Crippen LogP contribution < -0.4 is 10.5 Å². The van der Waals surface area contributed by atoms with Crippen molar-refractivity contribution in [2.45, 2.75) is 25.9 Å². The van der Waals surface area contributed by atoms with Gasteiger partial charge < -0.3 is 15.4 Å². The molecule has 0 aliphatic rings. The number of benzene rings is 1. The molecule has 0 fully saturated rings. The molecule has 0 bridgehead atoms. The van der Waals surface area contributed by atoms with Crippen molar-refractivity contribution in [3.05, 3.63) is 29.8 Å². The summed E-state index contributed by atoms with van der Waals surface area (Å²) in [5.41, 5.74) is 7.06. The number of ether oxygens (including phenoxy) is 1. The van der Waals surface area contributed by atoms with E-state index in [1.165, 1.54) is 5.56 Å². The van der Waals surface area contributed by atoms with Crippen molar-refractivity contribution in [2.24, 2.45) is 5.73 Å². The van der Waals surface area contributed by atoms with Gasteiger partial charge in [-0.25, -0.2) is 0 Å². The van der Waals surface area contributed by atoms with Crippen LogP contribution in [0.3, 0.4) is 0 Å². The molecule has 0 aliphatic carbocycles. The van der Waals surface area contributed by atoms with E-state index in [1.807, 2.05) is 26.0 Å². The summed E-state index contributed by atoms with van der Waals surface area (Å²) in [5, 5.41) is 0. The zero-order valence-electron chi connectivity index (χ0n) is 10.7. The van der Waals surface area contributed by atoms with Gasteiger partial charge >= 0.3 is 0 Å². The Morgan fingerprint density at radius 3 is 2.62 bits per heavy atom. The van der Waals surface area contributed by atoms with Crippen LogP contribution in [-0.2, 0) is 6.54 Å². The molecule has 1 rings (SSSR count). The highest BCUT2D eigenvalue weighted by atomic mass is 16.5. The molecule has 16 heavy (non-hydrogen) atoms. The zero-order chi connectivity index (χ0) is 12.2. The first-order valence-corrected chi connectivity index (χ1v) is 5.51. The number of rotatable bonds is 5. The summed E-state index contributed by atoms with van der Waals surface area (Å²) < 4.78 is 5.19. The first kappa shape index (κ1) is 13.0. The third-order valence-electron chi connectivity index (χ3n) is 2.26. The molecule has 2 N–H and O–H groups in total. The van der Waals surface area contributed by atoms with Crippen molar-refractivity contribution in [3.63, 3.8) is 0 Å². The summed E-state index contributed by atoms with van der Waals surface area (Å²) in [4.78, 5) is 2.22. The van der Waals surface area contributed by atoms with Gasteiger partial charge in [-0.3, -0.25) is 0 Å². The molecule has 0 atom stereocenters. The first-order valence-electron chi connectivity index (χ1n) is 5.51. The molecule has 0 radical (unpaired) electrons. The lowest BCUT2D eigenvalue weighted by Crippen LogP contribution is -2.43. The molecule has 0 heterocycles. The van der Waals surface area contributed by atoms with E-state index in [1.54, 1.807) is 7.11 Å². The molecular formula is C13H22N2O. The quantitative estimate of drug-likeness (QED) is 0.826. The van der Waals surface area contributed by atoms with Crippen LogP contribution >= 0.6 is 0 Å². The summed E-state index contributed by atoms with van der Waals surface area (Å²) in [6.45, 7) is 5.83. The molecule has 90 valence electrons. The first-order chi connectivity index (χ1) is 7.40. The second-order valence-electron chi connectivity index (χ2n) is 5.01. The van der Waals surface area contributed by atoms with Crippen molar-refractivity contribution >= 4 is 0 Å². The maximum Gasteiger partial charge on any atom is 0.119 e. The molecule has 0 saturated carbocycles. The molecule has 0 spiro atoms. The van der Waals surface area contributed by atoms with E-state index in [2.05, 4.69) is 24.1 Å². The minimum absolute atomic E-state index is 0.159. The van der Waals surface area contributed by atoms with Gasteiger partial charge in [-0.15, -0.1) is 0 Å². The number of hydrogen-bond acceptors (Lipinski definition) is 3. The van der Waals surface area contributed by atoms with Gasteiger partial charge in [-0.2, -0.15) is 0 Å². The van der Waals surface area contributed by atoms with Crippen LogP contribution in [0.2, 0.25) is 0 Å². The van der Waals surface area contributed by atoms with Crippen molar-refractivity contribution in [1.82, 2.24) is 4.90 Å². The highest BCUT2D eigenvalue weighted by Crippen LogP contribution is 2.14. The van der Waals surface area contributed by atoms with E-state index < -0.39 is 0 Å². The largest absolute Gasteiger partial charge is 0.497 e. The lowest BCUT2D eigenvalue weighted by Gasteiger charge is -2.26. The molecule has 0 unspecified atom stereocenters. The monoisotopic (exact) mass is 222 g/mol. The third kappa shape index (κ3) is 4.64. The Morgan fingerprint density at radius 1 is 1.38 bits per heavy atom. The van der Waals surface area contributed by atoms with Gasteiger partial charge in [-0.05, 0) is 38.6 Å². The van der Waals surface area contributed by atoms with Gasteiger partial charge in [0.05, 0.1) is 7.11 Å². The number of methoxy groups -OCH3 is 1. The van der Waals surface area contributed by atoms with Crippen LogP contribution in [0.15, 0.2) is 24.3 Å². The normalized spacial score (nSPS) is 11.9. The average molecular weight is 222 g/mol. The lowest BCUT2D eigenvalue weighted by atomic mass is 10.1. The molecule has 3 heteroatoms. The van der Waals surface area contributed by atoms with Gasteiger partial charge in [0.15, 0.2) is 0 Å². The minimum Gasteiger partial charge on any atom is -0.497 e. The van der Waals surface area contributed by atoms with E-state index in [0.29, 0.717) is 0 Å². The predicted octanol–water partition coefficient (Wildman–Crippen LogP) is 1.86. The van der Waals surface area contributed by atoms with Crippen molar-refractivity contribution in [3.8, 4) is 5.75 Å². The maximum atomic E-state index is 5.98. The summed E-state index contributed by atoms with van der Waals surface area (Å²) >= 11 is 0. The Labute approximate surface area is 98.2 Å². The molecule has 0 saturated heterocycles. The smallest absolute Gasteiger partial charge is 0.119 e. The van der Waals surface area contributed by atoms with Crippen molar-refractivity contribution in [1.29, 1.82) is 0 Å². The van der Waals surface area contributed by atoms with Gasteiger partial charge in [-0.1, -0.05) is 12.1 Å². The number of likely N-dealkylation sites (N-methyl/N-ethyl adjacent to an activating group) is 1. The van der Waals surface area contributed by atoms with Gasteiger partial charge in [0, 0.05) is 18.6 Å². The van der Waals surface area contributed by atoms with E-state index in [4.69, 9.17) is 10.5 Å². The molecule has 0 amide bonds. The SMILES string of the molecule is COc1cccc(CN(C)CC(C)(C)N)c1. The fourth-order valence-electron chi connectivity index (χ4n) is 1.83. The standard InChI is InChI=1S/C13H22N2O/c1-13(2,14)10-15(3)9-11-6-5-7-12(8-11)16-4/h5-8H,9-10,14H2,1-4H3. The second kappa shape index (κ2) is 5.32. The fraction of sp³-hybridized carbons (Fsp3) is 0.538. The number of nitrogens with two attached hydrogens (primary N) is 1. The lowest BCUT2D eigenvalue weighted by molar-refractivity contribution is 0.263.